The summed E-state index contributed by atoms with van der Waals surface area (Å²) >= 11 is 0. The predicted molar refractivity (Wildman–Crippen MR) is 75.5 cm³/mol. The Bertz CT molecular complexity index is 613. The van der Waals surface area contributed by atoms with Crippen LogP contribution in [0.3, 0.4) is 0 Å². The van der Waals surface area contributed by atoms with Gasteiger partial charge in [0.1, 0.15) is 11.9 Å². The molecule has 2 aromatic carbocycles. The van der Waals surface area contributed by atoms with Crippen LogP contribution in [0.1, 0.15) is 25.0 Å². The van der Waals surface area contributed by atoms with Crippen molar-refractivity contribution >= 4 is 10.8 Å². The van der Waals surface area contributed by atoms with E-state index in [-0.39, 0.29) is 12.2 Å². The maximum atomic E-state index is 10.2. The van der Waals surface area contributed by atoms with E-state index in [1.807, 2.05) is 30.3 Å². The number of benzene rings is 2. The normalized spacial score (nSPS) is 30.6. The molecule has 0 bridgehead atoms. The first-order valence-electron chi connectivity index (χ1n) is 6.80. The van der Waals surface area contributed by atoms with Gasteiger partial charge >= 0.3 is 0 Å². The zero-order valence-corrected chi connectivity index (χ0v) is 11.2. The lowest BCUT2D eigenvalue weighted by Gasteiger charge is -2.36. The number of phenolic OH excluding ortho intramolecular Hbond substituents is 1. The highest BCUT2D eigenvalue weighted by molar-refractivity contribution is 5.88. The summed E-state index contributed by atoms with van der Waals surface area (Å²) in [5.74, 6) is 0.157. The summed E-state index contributed by atoms with van der Waals surface area (Å²) in [5.41, 5.74) is 0.681. The standard InChI is InChI=1S/C16H18O4/c1-9-16(19)13(18)8-14(20-9)15-11-5-3-2-4-10(11)6-7-12(15)17/h2-7,9,13-14,16-19H,8H2,1H3/t9-,13-,14-,16-/m1/s1. The Balaban J connectivity index is 2.08. The lowest BCUT2D eigenvalue weighted by atomic mass is 9.91. The van der Waals surface area contributed by atoms with E-state index in [0.29, 0.717) is 5.56 Å². The molecule has 2 aromatic rings. The Labute approximate surface area is 117 Å². The first kappa shape index (κ1) is 13.4. The lowest BCUT2D eigenvalue weighted by molar-refractivity contribution is -0.163. The van der Waals surface area contributed by atoms with Crippen LogP contribution >= 0.6 is 0 Å². The molecule has 4 heteroatoms. The van der Waals surface area contributed by atoms with Crippen molar-refractivity contribution in [2.75, 3.05) is 0 Å². The van der Waals surface area contributed by atoms with Crippen LogP contribution in [0.25, 0.3) is 10.8 Å². The summed E-state index contributed by atoms with van der Waals surface area (Å²) < 4.78 is 5.77. The number of hydrogen-bond acceptors (Lipinski definition) is 4. The molecule has 1 aliphatic heterocycles. The Morgan fingerprint density at radius 1 is 1.10 bits per heavy atom. The second-order valence-corrected chi connectivity index (χ2v) is 5.34. The number of rotatable bonds is 1. The smallest absolute Gasteiger partial charge is 0.122 e. The lowest BCUT2D eigenvalue weighted by Crippen LogP contribution is -2.43. The number of aliphatic hydroxyl groups is 2. The summed E-state index contributed by atoms with van der Waals surface area (Å²) in [6.45, 7) is 1.72. The van der Waals surface area contributed by atoms with Gasteiger partial charge in [-0.15, -0.1) is 0 Å². The molecule has 4 atom stereocenters. The fourth-order valence-electron chi connectivity index (χ4n) is 2.88. The van der Waals surface area contributed by atoms with Gasteiger partial charge in [0.05, 0.1) is 18.3 Å². The van der Waals surface area contributed by atoms with E-state index in [0.717, 1.165) is 10.8 Å². The minimum Gasteiger partial charge on any atom is -0.508 e. The van der Waals surface area contributed by atoms with Crippen molar-refractivity contribution in [3.63, 3.8) is 0 Å². The van der Waals surface area contributed by atoms with Gasteiger partial charge in [0.15, 0.2) is 0 Å². The number of fused-ring (bicyclic) bond motifs is 1. The number of phenols is 1. The first-order chi connectivity index (χ1) is 9.58. The molecule has 20 heavy (non-hydrogen) atoms. The highest BCUT2D eigenvalue weighted by atomic mass is 16.5. The van der Waals surface area contributed by atoms with Crippen LogP contribution in [0.4, 0.5) is 0 Å². The average molecular weight is 274 g/mol. The van der Waals surface area contributed by atoms with Crippen LogP contribution in [0.2, 0.25) is 0 Å². The number of aliphatic hydroxyl groups excluding tert-OH is 2. The molecule has 1 fully saturated rings. The van der Waals surface area contributed by atoms with E-state index in [2.05, 4.69) is 0 Å². The maximum Gasteiger partial charge on any atom is 0.122 e. The van der Waals surface area contributed by atoms with Crippen molar-refractivity contribution in [2.45, 2.75) is 37.8 Å². The molecule has 0 saturated carbocycles. The molecule has 3 N–H and O–H groups in total. The quantitative estimate of drug-likeness (QED) is 0.745. The van der Waals surface area contributed by atoms with Crippen LogP contribution in [0, 0.1) is 0 Å². The van der Waals surface area contributed by atoms with Crippen LogP contribution in [-0.2, 0) is 4.74 Å². The molecule has 1 saturated heterocycles. The Morgan fingerprint density at radius 3 is 2.60 bits per heavy atom. The third kappa shape index (κ3) is 2.16. The largest absolute Gasteiger partial charge is 0.508 e. The molecule has 106 valence electrons. The Kier molecular flexibility index (Phi) is 3.38. The number of hydrogen-bond donors (Lipinski definition) is 3. The van der Waals surface area contributed by atoms with Gasteiger partial charge in [-0.2, -0.15) is 0 Å². The SMILES string of the molecule is C[C@H]1O[C@@H](c2c(O)ccc3ccccc23)C[C@@H](O)[C@@H]1O. The van der Waals surface area contributed by atoms with E-state index < -0.39 is 24.4 Å². The minimum atomic E-state index is -0.886. The molecule has 4 nitrogen and oxygen atoms in total. The molecule has 3 rings (SSSR count). The zero-order chi connectivity index (χ0) is 14.3. The third-order valence-corrected chi connectivity index (χ3v) is 3.98. The van der Waals surface area contributed by atoms with Crippen molar-refractivity contribution in [3.8, 4) is 5.75 Å². The molecule has 1 heterocycles. The van der Waals surface area contributed by atoms with Crippen LogP contribution < -0.4 is 0 Å². The van der Waals surface area contributed by atoms with E-state index >= 15 is 0 Å². The van der Waals surface area contributed by atoms with Crippen LogP contribution in [-0.4, -0.2) is 33.6 Å². The fraction of sp³-hybridized carbons (Fsp3) is 0.375. The molecular formula is C16H18O4. The summed E-state index contributed by atoms with van der Waals surface area (Å²) in [6.07, 6.45) is -2.35. The highest BCUT2D eigenvalue weighted by Crippen LogP contribution is 2.40. The van der Waals surface area contributed by atoms with Crippen molar-refractivity contribution < 1.29 is 20.1 Å². The zero-order valence-electron chi connectivity index (χ0n) is 11.2. The molecule has 0 aromatic heterocycles. The van der Waals surface area contributed by atoms with Crippen molar-refractivity contribution in [3.05, 3.63) is 42.0 Å². The van der Waals surface area contributed by atoms with Gasteiger partial charge in [-0.25, -0.2) is 0 Å². The highest BCUT2D eigenvalue weighted by Gasteiger charge is 2.36. The first-order valence-corrected chi connectivity index (χ1v) is 6.80. The number of ether oxygens (including phenoxy) is 1. The summed E-state index contributed by atoms with van der Waals surface area (Å²) in [6, 6.07) is 11.2. The fourth-order valence-corrected chi connectivity index (χ4v) is 2.88. The van der Waals surface area contributed by atoms with Gasteiger partial charge in [-0.1, -0.05) is 30.3 Å². The molecule has 0 unspecified atom stereocenters. The summed E-state index contributed by atoms with van der Waals surface area (Å²) in [4.78, 5) is 0. The van der Waals surface area contributed by atoms with Gasteiger partial charge in [0, 0.05) is 12.0 Å². The average Bonchev–Trinajstić information content (AvgIpc) is 2.44. The monoisotopic (exact) mass is 274 g/mol. The second kappa shape index (κ2) is 5.05. The van der Waals surface area contributed by atoms with Gasteiger partial charge in [0.25, 0.3) is 0 Å². The van der Waals surface area contributed by atoms with Crippen molar-refractivity contribution in [1.82, 2.24) is 0 Å². The van der Waals surface area contributed by atoms with E-state index in [1.165, 1.54) is 0 Å². The predicted octanol–water partition coefficient (Wildman–Crippen LogP) is 2.12. The molecule has 0 amide bonds. The molecule has 0 spiro atoms. The molecule has 1 aliphatic rings. The molecule has 0 radical (unpaired) electrons. The van der Waals surface area contributed by atoms with Crippen molar-refractivity contribution in [2.24, 2.45) is 0 Å². The third-order valence-electron chi connectivity index (χ3n) is 3.98. The Morgan fingerprint density at radius 2 is 1.85 bits per heavy atom. The summed E-state index contributed by atoms with van der Waals surface area (Å²) in [7, 11) is 0. The van der Waals surface area contributed by atoms with E-state index in [4.69, 9.17) is 4.74 Å². The van der Waals surface area contributed by atoms with Gasteiger partial charge in [-0.3, -0.25) is 0 Å². The topological polar surface area (TPSA) is 69.9 Å². The van der Waals surface area contributed by atoms with Crippen LogP contribution in [0.5, 0.6) is 5.75 Å². The maximum absolute atomic E-state index is 10.2. The van der Waals surface area contributed by atoms with E-state index in [1.54, 1.807) is 13.0 Å². The van der Waals surface area contributed by atoms with Gasteiger partial charge < -0.3 is 20.1 Å². The van der Waals surface area contributed by atoms with E-state index in [9.17, 15) is 15.3 Å². The number of aromatic hydroxyl groups is 1. The molecular weight excluding hydrogens is 256 g/mol. The molecule has 0 aliphatic carbocycles. The van der Waals surface area contributed by atoms with Crippen molar-refractivity contribution in [1.29, 1.82) is 0 Å². The van der Waals surface area contributed by atoms with Gasteiger partial charge in [-0.05, 0) is 23.8 Å². The second-order valence-electron chi connectivity index (χ2n) is 5.34. The van der Waals surface area contributed by atoms with Crippen LogP contribution in [0.15, 0.2) is 36.4 Å². The van der Waals surface area contributed by atoms with Gasteiger partial charge in [0.2, 0.25) is 0 Å². The Hall–Kier alpha value is -1.62. The minimum absolute atomic E-state index is 0.157. The summed E-state index contributed by atoms with van der Waals surface area (Å²) in [5, 5.41) is 31.8.